The second kappa shape index (κ2) is 8.53. The molecule has 5 nitrogen and oxygen atoms in total. The van der Waals surface area contributed by atoms with Crippen LogP contribution in [0.25, 0.3) is 21.8 Å². The third-order valence-corrected chi connectivity index (χ3v) is 5.40. The number of H-pyrrole nitrogens is 1. The predicted octanol–water partition coefficient (Wildman–Crippen LogP) is 4.77. The molecule has 5 heteroatoms. The summed E-state index contributed by atoms with van der Waals surface area (Å²) < 4.78 is 0. The lowest BCUT2D eigenvalue weighted by molar-refractivity contribution is 0.247. The summed E-state index contributed by atoms with van der Waals surface area (Å²) in [4.78, 5) is 12.9. The zero-order chi connectivity index (χ0) is 20.2. The maximum atomic E-state index is 9.69. The summed E-state index contributed by atoms with van der Waals surface area (Å²) in [5.41, 5.74) is 4.45. The van der Waals surface area contributed by atoms with E-state index < -0.39 is 0 Å². The number of pyridine rings is 1. The molecule has 29 heavy (non-hydrogen) atoms. The fourth-order valence-corrected chi connectivity index (χ4v) is 3.96. The van der Waals surface area contributed by atoms with E-state index in [0.717, 1.165) is 55.1 Å². The first-order chi connectivity index (χ1) is 14.3. The number of fused-ring (bicyclic) bond motifs is 3. The van der Waals surface area contributed by atoms with E-state index in [-0.39, 0.29) is 0 Å². The Bertz CT molecular complexity index is 1100. The van der Waals surface area contributed by atoms with E-state index in [1.54, 1.807) is 6.07 Å². The number of benzene rings is 2. The summed E-state index contributed by atoms with van der Waals surface area (Å²) in [6.07, 6.45) is 1.95. The van der Waals surface area contributed by atoms with E-state index in [1.807, 2.05) is 32.2 Å². The fraction of sp³-hybridized carbons (Fsp3) is 0.292. The van der Waals surface area contributed by atoms with Gasteiger partial charge in [-0.15, -0.1) is 0 Å². The molecule has 3 heterocycles. The summed E-state index contributed by atoms with van der Waals surface area (Å²) in [6, 6.07) is 18.1. The Morgan fingerprint density at radius 3 is 2.48 bits per heavy atom. The molecule has 1 saturated heterocycles. The number of phenolic OH excluding ortho intramolecular Hbond substituents is 1. The van der Waals surface area contributed by atoms with Gasteiger partial charge in [0.15, 0.2) is 0 Å². The minimum Gasteiger partial charge on any atom is -0.508 e. The van der Waals surface area contributed by atoms with Gasteiger partial charge in [0.25, 0.3) is 0 Å². The van der Waals surface area contributed by atoms with Crippen LogP contribution in [-0.4, -0.2) is 46.2 Å². The molecule has 0 atom stereocenters. The normalized spacial score (nSPS) is 14.8. The highest BCUT2D eigenvalue weighted by Crippen LogP contribution is 2.26. The van der Waals surface area contributed by atoms with Crippen molar-refractivity contribution in [1.82, 2.24) is 14.9 Å². The Kier molecular flexibility index (Phi) is 5.67. The van der Waals surface area contributed by atoms with Crippen LogP contribution in [0.3, 0.4) is 0 Å². The van der Waals surface area contributed by atoms with Crippen molar-refractivity contribution in [2.75, 3.05) is 31.1 Å². The highest BCUT2D eigenvalue weighted by Gasteiger charge is 2.18. The van der Waals surface area contributed by atoms with Gasteiger partial charge in [-0.3, -0.25) is 9.88 Å². The van der Waals surface area contributed by atoms with Gasteiger partial charge in [-0.2, -0.15) is 0 Å². The minimum absolute atomic E-state index is 0.325. The highest BCUT2D eigenvalue weighted by molar-refractivity contribution is 6.06. The van der Waals surface area contributed by atoms with Gasteiger partial charge in [-0.1, -0.05) is 38.1 Å². The molecular weight excluding hydrogens is 360 g/mol. The molecule has 0 radical (unpaired) electrons. The molecule has 1 fully saturated rings. The lowest BCUT2D eigenvalue weighted by atomic mass is 10.1. The molecule has 2 aromatic carbocycles. The molecule has 0 aliphatic carbocycles. The topological polar surface area (TPSA) is 55.4 Å². The van der Waals surface area contributed by atoms with Gasteiger partial charge in [0.05, 0.1) is 17.4 Å². The van der Waals surface area contributed by atoms with E-state index in [4.69, 9.17) is 0 Å². The Morgan fingerprint density at radius 1 is 0.897 bits per heavy atom. The average molecular weight is 389 g/mol. The average Bonchev–Trinajstić information content (AvgIpc) is 3.14. The third-order valence-electron chi connectivity index (χ3n) is 5.40. The van der Waals surface area contributed by atoms with E-state index in [2.05, 4.69) is 56.2 Å². The molecule has 0 amide bonds. The molecule has 0 unspecified atom stereocenters. The number of hydrogen-bond donors (Lipinski definition) is 2. The summed E-state index contributed by atoms with van der Waals surface area (Å²) in [7, 11) is 0. The highest BCUT2D eigenvalue weighted by atomic mass is 16.3. The Labute approximate surface area is 171 Å². The number of phenols is 1. The summed E-state index contributed by atoms with van der Waals surface area (Å²) in [6.45, 7) is 8.76. The number of rotatable bonds is 3. The Hall–Kier alpha value is -3.05. The first-order valence-corrected chi connectivity index (χ1v) is 10.4. The summed E-state index contributed by atoms with van der Waals surface area (Å²) in [5.74, 6) is 0.325. The van der Waals surface area contributed by atoms with Crippen LogP contribution < -0.4 is 4.90 Å². The number of hydrogen-bond acceptors (Lipinski definition) is 4. The zero-order valence-corrected chi connectivity index (χ0v) is 17.1. The molecule has 1 aliphatic heterocycles. The third kappa shape index (κ3) is 4.05. The molecule has 1 aliphatic rings. The number of nitrogens with zero attached hydrogens (tertiary/aromatic N) is 3. The standard InChI is InChI=1S/C22H22N4O.C2H6/c27-18-5-3-4-17(13-18)26-10-8-25(9-11-26)15-16-12-20-19-6-1-2-7-21(19)24-22(20)14-23-16;1-2/h1-7,12-14,24,27H,8-11,15H2;1-2H3. The molecular formula is C24H28N4O. The first-order valence-electron chi connectivity index (χ1n) is 10.4. The first kappa shape index (κ1) is 19.3. The summed E-state index contributed by atoms with van der Waals surface area (Å²) >= 11 is 0. The van der Waals surface area contributed by atoms with Gasteiger partial charge < -0.3 is 15.0 Å². The molecule has 2 aromatic heterocycles. The maximum absolute atomic E-state index is 9.69. The van der Waals surface area contributed by atoms with Gasteiger partial charge >= 0.3 is 0 Å². The number of anilines is 1. The minimum atomic E-state index is 0.325. The van der Waals surface area contributed by atoms with E-state index >= 15 is 0 Å². The number of nitrogens with one attached hydrogen (secondary N) is 1. The second-order valence-electron chi connectivity index (χ2n) is 7.17. The van der Waals surface area contributed by atoms with Crippen molar-refractivity contribution in [3.8, 4) is 5.75 Å². The smallest absolute Gasteiger partial charge is 0.117 e. The number of aromatic amines is 1. The van der Waals surface area contributed by atoms with Crippen LogP contribution in [0.4, 0.5) is 5.69 Å². The van der Waals surface area contributed by atoms with Crippen LogP contribution in [0.5, 0.6) is 5.75 Å². The quantitative estimate of drug-likeness (QED) is 0.531. The number of aromatic hydroxyl groups is 1. The van der Waals surface area contributed by atoms with Crippen LogP contribution in [-0.2, 0) is 6.54 Å². The van der Waals surface area contributed by atoms with E-state index in [1.165, 1.54) is 10.8 Å². The lowest BCUT2D eigenvalue weighted by Crippen LogP contribution is -2.46. The van der Waals surface area contributed by atoms with Crippen LogP contribution >= 0.6 is 0 Å². The van der Waals surface area contributed by atoms with Crippen molar-refractivity contribution >= 4 is 27.5 Å². The maximum Gasteiger partial charge on any atom is 0.117 e. The molecule has 150 valence electrons. The number of piperazine rings is 1. The predicted molar refractivity (Wildman–Crippen MR) is 121 cm³/mol. The van der Waals surface area contributed by atoms with Gasteiger partial charge in [-0.05, 0) is 24.3 Å². The van der Waals surface area contributed by atoms with Crippen molar-refractivity contribution in [3.05, 3.63) is 66.5 Å². The van der Waals surface area contributed by atoms with Crippen LogP contribution in [0.15, 0.2) is 60.8 Å². The molecule has 0 saturated carbocycles. The lowest BCUT2D eigenvalue weighted by Gasteiger charge is -2.36. The second-order valence-corrected chi connectivity index (χ2v) is 7.17. The summed E-state index contributed by atoms with van der Waals surface area (Å²) in [5, 5.41) is 12.2. The Balaban J connectivity index is 0.000000994. The molecule has 5 rings (SSSR count). The van der Waals surface area contributed by atoms with Gasteiger partial charge in [0.1, 0.15) is 5.75 Å². The zero-order valence-electron chi connectivity index (χ0n) is 17.1. The number of para-hydroxylation sites is 1. The van der Waals surface area contributed by atoms with Crippen molar-refractivity contribution in [2.24, 2.45) is 0 Å². The van der Waals surface area contributed by atoms with Crippen molar-refractivity contribution in [3.63, 3.8) is 0 Å². The van der Waals surface area contributed by atoms with Crippen LogP contribution in [0.1, 0.15) is 19.5 Å². The van der Waals surface area contributed by atoms with Crippen molar-refractivity contribution < 1.29 is 5.11 Å². The largest absolute Gasteiger partial charge is 0.508 e. The SMILES string of the molecule is CC.Oc1cccc(N2CCN(Cc3cc4c(cn3)[nH]c3ccccc34)CC2)c1. The van der Waals surface area contributed by atoms with Gasteiger partial charge in [0.2, 0.25) is 0 Å². The number of aromatic nitrogens is 2. The Morgan fingerprint density at radius 2 is 1.69 bits per heavy atom. The molecule has 4 aromatic rings. The van der Waals surface area contributed by atoms with Gasteiger partial charge in [0, 0.05) is 60.8 Å². The monoisotopic (exact) mass is 388 g/mol. The van der Waals surface area contributed by atoms with E-state index in [9.17, 15) is 5.11 Å². The van der Waals surface area contributed by atoms with Crippen molar-refractivity contribution in [1.29, 1.82) is 0 Å². The van der Waals surface area contributed by atoms with E-state index in [0.29, 0.717) is 5.75 Å². The van der Waals surface area contributed by atoms with Crippen LogP contribution in [0.2, 0.25) is 0 Å². The molecule has 2 N–H and O–H groups in total. The molecule has 0 bridgehead atoms. The van der Waals surface area contributed by atoms with Crippen molar-refractivity contribution in [2.45, 2.75) is 20.4 Å². The van der Waals surface area contributed by atoms with Crippen LogP contribution in [0, 0.1) is 0 Å². The fourth-order valence-electron chi connectivity index (χ4n) is 3.96. The van der Waals surface area contributed by atoms with Gasteiger partial charge in [-0.25, -0.2) is 0 Å². The molecule has 0 spiro atoms.